The fourth-order valence-corrected chi connectivity index (χ4v) is 0.0833. The molecule has 0 aliphatic rings. The summed E-state index contributed by atoms with van der Waals surface area (Å²) >= 11 is 0. The van der Waals surface area contributed by atoms with E-state index < -0.39 is 0 Å². The van der Waals surface area contributed by atoms with Gasteiger partial charge in [-0.1, -0.05) is 27.0 Å². The van der Waals surface area contributed by atoms with Crippen molar-refractivity contribution >= 4 is 0 Å². The first-order valence-corrected chi connectivity index (χ1v) is 3.16. The van der Waals surface area contributed by atoms with Crippen molar-refractivity contribution in [3.8, 4) is 0 Å². The Balaban J connectivity index is -0.000000105. The van der Waals surface area contributed by atoms with Crippen molar-refractivity contribution in [1.82, 2.24) is 0 Å². The summed E-state index contributed by atoms with van der Waals surface area (Å²) in [4.78, 5) is 0. The Labute approximate surface area is 64.7 Å². The molecule has 1 heteroatoms. The van der Waals surface area contributed by atoms with Crippen LogP contribution in [-0.2, 0) is 4.74 Å². The lowest BCUT2D eigenvalue weighted by molar-refractivity contribution is 0.309. The first-order valence-electron chi connectivity index (χ1n) is 3.16. The van der Waals surface area contributed by atoms with E-state index in [-0.39, 0.29) is 0 Å². The van der Waals surface area contributed by atoms with Crippen molar-refractivity contribution in [2.45, 2.75) is 13.8 Å². The van der Waals surface area contributed by atoms with Crippen molar-refractivity contribution < 1.29 is 4.74 Å². The smallest absolute Gasteiger partial charge is 0.111 e. The number of methoxy groups -OCH3 is 1. The molecule has 60 valence electrons. The van der Waals surface area contributed by atoms with Crippen LogP contribution in [0.25, 0.3) is 0 Å². The molecule has 0 atom stereocenters. The van der Waals surface area contributed by atoms with Crippen molar-refractivity contribution in [3.05, 3.63) is 38.2 Å². The molecule has 0 bridgehead atoms. The summed E-state index contributed by atoms with van der Waals surface area (Å²) in [5.41, 5.74) is 0. The van der Waals surface area contributed by atoms with Gasteiger partial charge in [0, 0.05) is 0 Å². The van der Waals surface area contributed by atoms with Gasteiger partial charge in [-0.15, -0.1) is 13.2 Å². The molecule has 0 saturated heterocycles. The van der Waals surface area contributed by atoms with E-state index >= 15 is 0 Å². The lowest BCUT2D eigenvalue weighted by Gasteiger charge is -1.90. The second-order valence-corrected chi connectivity index (χ2v) is 0.875. The molecule has 10 heavy (non-hydrogen) atoms. The molecule has 1 nitrogen and oxygen atoms in total. The number of hydrogen-bond donors (Lipinski definition) is 0. The second kappa shape index (κ2) is 24.5. The van der Waals surface area contributed by atoms with Crippen molar-refractivity contribution in [3.63, 3.8) is 0 Å². The van der Waals surface area contributed by atoms with Crippen LogP contribution in [0.15, 0.2) is 38.2 Å². The SMILES string of the molecule is C=C.C=CC(=C)OC.CC. The minimum absolute atomic E-state index is 0.606. The molecule has 0 aromatic heterocycles. The number of allylic oxidation sites excluding steroid dienone is 1. The molecule has 0 aromatic rings. The van der Waals surface area contributed by atoms with Crippen LogP contribution >= 0.6 is 0 Å². The minimum atomic E-state index is 0.606. The second-order valence-electron chi connectivity index (χ2n) is 0.875. The zero-order valence-electron chi connectivity index (χ0n) is 7.31. The monoisotopic (exact) mass is 142 g/mol. The summed E-state index contributed by atoms with van der Waals surface area (Å²) in [6.45, 7) is 16.9. The molecule has 0 aliphatic heterocycles. The normalized spacial score (nSPS) is 5.10. The van der Waals surface area contributed by atoms with E-state index in [1.165, 1.54) is 0 Å². The summed E-state index contributed by atoms with van der Waals surface area (Å²) in [5.74, 6) is 0.606. The first-order chi connectivity index (χ1) is 4.81. The molecule has 0 aliphatic carbocycles. The van der Waals surface area contributed by atoms with Gasteiger partial charge < -0.3 is 4.74 Å². The van der Waals surface area contributed by atoms with Gasteiger partial charge in [0.05, 0.1) is 7.11 Å². The molecular weight excluding hydrogens is 124 g/mol. The van der Waals surface area contributed by atoms with Crippen LogP contribution in [0.4, 0.5) is 0 Å². The molecule has 0 N–H and O–H groups in total. The molecule has 0 rings (SSSR count). The Hall–Kier alpha value is -0.980. The molecule has 0 saturated carbocycles. The molecule has 0 heterocycles. The summed E-state index contributed by atoms with van der Waals surface area (Å²) in [6, 6.07) is 0. The van der Waals surface area contributed by atoms with E-state index in [0.717, 1.165) is 0 Å². The molecule has 0 unspecified atom stereocenters. The van der Waals surface area contributed by atoms with E-state index in [2.05, 4.69) is 31.1 Å². The van der Waals surface area contributed by atoms with Crippen LogP contribution < -0.4 is 0 Å². The Bertz CT molecular complexity index is 74.8. The molecule has 0 aromatic carbocycles. The number of ether oxygens (including phenoxy) is 1. The van der Waals surface area contributed by atoms with Gasteiger partial charge in [0.25, 0.3) is 0 Å². The Morgan fingerprint density at radius 2 is 1.60 bits per heavy atom. The van der Waals surface area contributed by atoms with E-state index in [4.69, 9.17) is 0 Å². The number of hydrogen-bond acceptors (Lipinski definition) is 1. The maximum Gasteiger partial charge on any atom is 0.111 e. The fourth-order valence-electron chi connectivity index (χ4n) is 0.0833. The summed E-state index contributed by atoms with van der Waals surface area (Å²) in [6.07, 6.45) is 1.56. The van der Waals surface area contributed by atoms with Crippen LogP contribution in [0.2, 0.25) is 0 Å². The highest BCUT2D eigenvalue weighted by molar-refractivity contribution is 5.00. The van der Waals surface area contributed by atoms with E-state index in [1.807, 2.05) is 13.8 Å². The maximum atomic E-state index is 4.59. The summed E-state index contributed by atoms with van der Waals surface area (Å²) in [5, 5.41) is 0. The predicted molar refractivity (Wildman–Crippen MR) is 48.9 cm³/mol. The van der Waals surface area contributed by atoms with Crippen LogP contribution in [-0.4, -0.2) is 7.11 Å². The van der Waals surface area contributed by atoms with Crippen molar-refractivity contribution in [2.24, 2.45) is 0 Å². The molecular formula is C9H18O. The van der Waals surface area contributed by atoms with Gasteiger partial charge in [0.15, 0.2) is 0 Å². The molecule has 0 radical (unpaired) electrons. The third-order valence-electron chi connectivity index (χ3n) is 0.490. The van der Waals surface area contributed by atoms with E-state index in [1.54, 1.807) is 13.2 Å². The summed E-state index contributed by atoms with van der Waals surface area (Å²) in [7, 11) is 1.56. The van der Waals surface area contributed by atoms with Gasteiger partial charge in [-0.25, -0.2) is 0 Å². The average molecular weight is 142 g/mol. The Kier molecular flexibility index (Phi) is 39.2. The fraction of sp³-hybridized carbons (Fsp3) is 0.333. The molecule has 0 amide bonds. The van der Waals surface area contributed by atoms with E-state index in [9.17, 15) is 0 Å². The van der Waals surface area contributed by atoms with Gasteiger partial charge in [0.2, 0.25) is 0 Å². The van der Waals surface area contributed by atoms with Crippen molar-refractivity contribution in [2.75, 3.05) is 7.11 Å². The topological polar surface area (TPSA) is 9.23 Å². The zero-order chi connectivity index (χ0) is 8.99. The largest absolute Gasteiger partial charge is 0.497 e. The first kappa shape index (κ1) is 16.0. The highest BCUT2D eigenvalue weighted by atomic mass is 16.5. The Morgan fingerprint density at radius 1 is 1.30 bits per heavy atom. The quantitative estimate of drug-likeness (QED) is 0.327. The summed E-state index contributed by atoms with van der Waals surface area (Å²) < 4.78 is 4.59. The van der Waals surface area contributed by atoms with Crippen molar-refractivity contribution in [1.29, 1.82) is 0 Å². The highest BCUT2D eigenvalue weighted by Crippen LogP contribution is 1.86. The van der Waals surface area contributed by atoms with Gasteiger partial charge >= 0.3 is 0 Å². The Morgan fingerprint density at radius 3 is 1.60 bits per heavy atom. The predicted octanol–water partition coefficient (Wildman–Crippen LogP) is 3.16. The minimum Gasteiger partial charge on any atom is -0.497 e. The lowest BCUT2D eigenvalue weighted by Crippen LogP contribution is -1.73. The molecule has 0 fully saturated rings. The van der Waals surface area contributed by atoms with Crippen LogP contribution in [0.3, 0.4) is 0 Å². The third kappa shape index (κ3) is 27.9. The highest BCUT2D eigenvalue weighted by Gasteiger charge is 1.71. The van der Waals surface area contributed by atoms with Gasteiger partial charge in [0.1, 0.15) is 5.76 Å². The van der Waals surface area contributed by atoms with Crippen LogP contribution in [0.5, 0.6) is 0 Å². The van der Waals surface area contributed by atoms with Crippen LogP contribution in [0.1, 0.15) is 13.8 Å². The molecule has 0 spiro atoms. The lowest BCUT2D eigenvalue weighted by atomic mass is 10.6. The zero-order valence-corrected chi connectivity index (χ0v) is 7.31. The third-order valence-corrected chi connectivity index (χ3v) is 0.490. The van der Waals surface area contributed by atoms with E-state index in [0.29, 0.717) is 5.76 Å². The maximum absolute atomic E-state index is 4.59. The standard InChI is InChI=1S/C5H8O.C2H6.C2H4/c1-4-5(2)6-3;2*1-2/h4H,1-2H2,3H3;1-2H3;1-2H2. The van der Waals surface area contributed by atoms with Gasteiger partial charge in [-0.3, -0.25) is 0 Å². The number of rotatable bonds is 2. The van der Waals surface area contributed by atoms with Gasteiger partial charge in [-0.2, -0.15) is 0 Å². The van der Waals surface area contributed by atoms with Gasteiger partial charge in [-0.05, 0) is 6.08 Å². The average Bonchev–Trinajstić information content (AvgIpc) is 2.10. The van der Waals surface area contributed by atoms with Crippen LogP contribution in [0, 0.1) is 0 Å².